The van der Waals surface area contributed by atoms with E-state index in [-0.39, 0.29) is 22.3 Å². The van der Waals surface area contributed by atoms with Crippen molar-refractivity contribution in [3.63, 3.8) is 0 Å². The van der Waals surface area contributed by atoms with Gasteiger partial charge in [-0.05, 0) is 60.7 Å². The van der Waals surface area contributed by atoms with Gasteiger partial charge in [0.15, 0.2) is 10.9 Å². The largest absolute Gasteiger partial charge is 0.496 e. The fraction of sp³-hybridized carbons (Fsp3) is 0.0800. The van der Waals surface area contributed by atoms with Crippen molar-refractivity contribution in [1.82, 2.24) is 5.32 Å². The van der Waals surface area contributed by atoms with Gasteiger partial charge in [-0.3, -0.25) is 14.9 Å². The first-order valence-corrected chi connectivity index (χ1v) is 10.6. The molecule has 0 unspecified atom stereocenters. The highest BCUT2D eigenvalue weighted by Gasteiger charge is 2.19. The van der Waals surface area contributed by atoms with E-state index in [9.17, 15) is 9.59 Å². The van der Waals surface area contributed by atoms with Crippen LogP contribution in [0, 0.1) is 0 Å². The molecule has 0 atom stereocenters. The van der Waals surface area contributed by atoms with E-state index in [1.165, 1.54) is 14.2 Å². The van der Waals surface area contributed by atoms with Crippen LogP contribution in [0.4, 0.5) is 11.4 Å². The highest BCUT2D eigenvalue weighted by molar-refractivity contribution is 7.80. The molecule has 0 saturated heterocycles. The van der Waals surface area contributed by atoms with Crippen molar-refractivity contribution in [2.24, 2.45) is 0 Å². The van der Waals surface area contributed by atoms with Crippen LogP contribution in [0.3, 0.4) is 0 Å². The molecule has 0 saturated carbocycles. The molecule has 0 radical (unpaired) electrons. The maximum Gasteiger partial charge on any atom is 0.291 e. The van der Waals surface area contributed by atoms with Crippen molar-refractivity contribution in [1.29, 1.82) is 0 Å². The molecule has 1 aromatic heterocycles. The molecule has 0 aliphatic rings. The van der Waals surface area contributed by atoms with Crippen LogP contribution in [0.1, 0.15) is 20.9 Å². The number of furan rings is 1. The Morgan fingerprint density at radius 1 is 0.794 bits per heavy atom. The Bertz CT molecular complexity index is 1310. The first-order valence-electron chi connectivity index (χ1n) is 10.2. The summed E-state index contributed by atoms with van der Waals surface area (Å²) in [4.78, 5) is 25.2. The number of carbonyl (C=O) groups is 2. The molecule has 3 aromatic carbocycles. The number of anilines is 2. The molecule has 8 nitrogen and oxygen atoms in total. The number of hydrogen-bond acceptors (Lipinski definition) is 6. The standard InChI is InChI=1S/C25H21N3O5S/c1-31-19-8-5-9-20(32-2)22(19)24(30)28-25(34)27-17-12-10-16(11-13-17)26-23(29)21-14-15-6-3-4-7-18(15)33-21/h3-14H,1-2H3,(H,26,29)(H2,27,28,30,34). The molecule has 1 heterocycles. The highest BCUT2D eigenvalue weighted by atomic mass is 32.1. The molecule has 4 aromatic rings. The zero-order valence-corrected chi connectivity index (χ0v) is 19.2. The summed E-state index contributed by atoms with van der Waals surface area (Å²) in [7, 11) is 2.94. The average molecular weight is 476 g/mol. The molecule has 2 amide bonds. The minimum atomic E-state index is -0.471. The molecule has 172 valence electrons. The van der Waals surface area contributed by atoms with E-state index >= 15 is 0 Å². The summed E-state index contributed by atoms with van der Waals surface area (Å²) in [6, 6.07) is 21.0. The number of methoxy groups -OCH3 is 2. The Morgan fingerprint density at radius 3 is 2.03 bits per heavy atom. The predicted octanol–water partition coefficient (Wildman–Crippen LogP) is 4.83. The molecular weight excluding hydrogens is 454 g/mol. The third-order valence-electron chi connectivity index (χ3n) is 4.93. The summed E-state index contributed by atoms with van der Waals surface area (Å²) >= 11 is 5.26. The summed E-state index contributed by atoms with van der Waals surface area (Å²) in [6.45, 7) is 0. The quantitative estimate of drug-likeness (QED) is 0.343. The van der Waals surface area contributed by atoms with Crippen molar-refractivity contribution >= 4 is 51.5 Å². The Hall–Kier alpha value is -4.37. The van der Waals surface area contributed by atoms with Crippen molar-refractivity contribution in [2.45, 2.75) is 0 Å². The van der Waals surface area contributed by atoms with Gasteiger partial charge >= 0.3 is 0 Å². The van der Waals surface area contributed by atoms with E-state index in [4.69, 9.17) is 26.1 Å². The number of nitrogens with one attached hydrogen (secondary N) is 3. The van der Waals surface area contributed by atoms with Crippen LogP contribution in [0.5, 0.6) is 11.5 Å². The Morgan fingerprint density at radius 2 is 1.41 bits per heavy atom. The first-order chi connectivity index (χ1) is 16.5. The van der Waals surface area contributed by atoms with E-state index < -0.39 is 5.91 Å². The molecular formula is C25H21N3O5S. The van der Waals surface area contributed by atoms with Crippen molar-refractivity contribution in [3.8, 4) is 11.5 Å². The second-order valence-electron chi connectivity index (χ2n) is 7.13. The molecule has 0 spiro atoms. The molecule has 0 bridgehead atoms. The van der Waals surface area contributed by atoms with Crippen LogP contribution >= 0.6 is 12.2 Å². The second-order valence-corrected chi connectivity index (χ2v) is 7.53. The monoisotopic (exact) mass is 475 g/mol. The van der Waals surface area contributed by atoms with Gasteiger partial charge in [0, 0.05) is 16.8 Å². The number of rotatable bonds is 6. The number of amides is 2. The molecule has 0 fully saturated rings. The summed E-state index contributed by atoms with van der Waals surface area (Å²) in [5, 5.41) is 9.29. The van der Waals surface area contributed by atoms with E-state index in [2.05, 4.69) is 16.0 Å². The number of carbonyl (C=O) groups excluding carboxylic acids is 2. The van der Waals surface area contributed by atoms with Gasteiger partial charge in [0.2, 0.25) is 0 Å². The topological polar surface area (TPSA) is 102 Å². The summed E-state index contributed by atoms with van der Waals surface area (Å²) < 4.78 is 16.1. The Balaban J connectivity index is 1.37. The molecule has 3 N–H and O–H groups in total. The SMILES string of the molecule is COc1cccc(OC)c1C(=O)NC(=S)Nc1ccc(NC(=O)c2cc3ccccc3o2)cc1. The predicted molar refractivity (Wildman–Crippen MR) is 134 cm³/mol. The van der Waals surface area contributed by atoms with Crippen molar-refractivity contribution < 1.29 is 23.5 Å². The number of thiocarbonyl (C=S) groups is 1. The lowest BCUT2D eigenvalue weighted by molar-refractivity contribution is 0.0969. The highest BCUT2D eigenvalue weighted by Crippen LogP contribution is 2.28. The van der Waals surface area contributed by atoms with Crippen LogP contribution < -0.4 is 25.4 Å². The van der Waals surface area contributed by atoms with Gasteiger partial charge in [0.25, 0.3) is 11.8 Å². The van der Waals surface area contributed by atoms with Crippen molar-refractivity contribution in [2.75, 3.05) is 24.9 Å². The van der Waals surface area contributed by atoms with Gasteiger partial charge in [0.1, 0.15) is 22.6 Å². The zero-order valence-electron chi connectivity index (χ0n) is 18.4. The Kier molecular flexibility index (Phi) is 6.74. The smallest absolute Gasteiger partial charge is 0.291 e. The maximum absolute atomic E-state index is 12.7. The van der Waals surface area contributed by atoms with Crippen LogP contribution in [-0.4, -0.2) is 31.1 Å². The molecule has 34 heavy (non-hydrogen) atoms. The molecule has 4 rings (SSSR count). The summed E-state index contributed by atoms with van der Waals surface area (Å²) in [6.07, 6.45) is 0. The fourth-order valence-corrected chi connectivity index (χ4v) is 3.54. The average Bonchev–Trinajstić information content (AvgIpc) is 3.29. The van der Waals surface area contributed by atoms with Crippen LogP contribution in [0.2, 0.25) is 0 Å². The van der Waals surface area contributed by atoms with Crippen LogP contribution in [-0.2, 0) is 0 Å². The summed E-state index contributed by atoms with van der Waals surface area (Å²) in [5.74, 6) is 0.124. The van der Waals surface area contributed by atoms with E-state index in [1.54, 1.807) is 54.6 Å². The van der Waals surface area contributed by atoms with Gasteiger partial charge in [0.05, 0.1) is 14.2 Å². The van der Waals surface area contributed by atoms with Gasteiger partial charge in [-0.25, -0.2) is 0 Å². The summed E-state index contributed by atoms with van der Waals surface area (Å²) in [5.41, 5.74) is 2.08. The molecule has 0 aliphatic carbocycles. The van der Waals surface area contributed by atoms with Crippen LogP contribution in [0.25, 0.3) is 11.0 Å². The fourth-order valence-electron chi connectivity index (χ4n) is 3.33. The third kappa shape index (κ3) is 5.00. The lowest BCUT2D eigenvalue weighted by Crippen LogP contribution is -2.34. The van der Waals surface area contributed by atoms with Crippen LogP contribution in [0.15, 0.2) is 77.2 Å². The second kappa shape index (κ2) is 10.1. The number of ether oxygens (including phenoxy) is 2. The number of benzene rings is 3. The molecule has 0 aliphatic heterocycles. The van der Waals surface area contributed by atoms with Gasteiger partial charge in [-0.15, -0.1) is 0 Å². The number of hydrogen-bond donors (Lipinski definition) is 3. The lowest BCUT2D eigenvalue weighted by atomic mass is 10.1. The van der Waals surface area contributed by atoms with E-state index in [0.717, 1.165) is 5.39 Å². The number of para-hydroxylation sites is 1. The maximum atomic E-state index is 12.7. The van der Waals surface area contributed by atoms with E-state index in [0.29, 0.717) is 28.5 Å². The lowest BCUT2D eigenvalue weighted by Gasteiger charge is -2.14. The van der Waals surface area contributed by atoms with Gasteiger partial charge in [-0.2, -0.15) is 0 Å². The van der Waals surface area contributed by atoms with Gasteiger partial charge in [-0.1, -0.05) is 24.3 Å². The minimum Gasteiger partial charge on any atom is -0.496 e. The van der Waals surface area contributed by atoms with Gasteiger partial charge < -0.3 is 24.5 Å². The minimum absolute atomic E-state index is 0.0945. The zero-order chi connectivity index (χ0) is 24.1. The normalized spacial score (nSPS) is 10.4. The first kappa shape index (κ1) is 22.8. The van der Waals surface area contributed by atoms with E-state index in [1.807, 2.05) is 18.2 Å². The van der Waals surface area contributed by atoms with Crippen molar-refractivity contribution in [3.05, 3.63) is 84.1 Å². The Labute approximate surface area is 200 Å². The number of fused-ring (bicyclic) bond motifs is 1. The molecule has 9 heteroatoms. The third-order valence-corrected chi connectivity index (χ3v) is 5.14.